The van der Waals surface area contributed by atoms with Crippen molar-refractivity contribution in [3.63, 3.8) is 0 Å². The fourth-order valence-electron chi connectivity index (χ4n) is 1.16. The SMILES string of the molecule is Cc1c(-c2ccc(Cl)s2)nc[nH]c1=O. The van der Waals surface area contributed by atoms with Gasteiger partial charge in [-0.1, -0.05) is 11.6 Å². The third kappa shape index (κ3) is 1.58. The average Bonchev–Trinajstić information content (AvgIpc) is 2.57. The molecule has 0 aliphatic heterocycles. The van der Waals surface area contributed by atoms with Crippen molar-refractivity contribution in [1.29, 1.82) is 0 Å². The van der Waals surface area contributed by atoms with Gasteiger partial charge in [-0.05, 0) is 19.1 Å². The van der Waals surface area contributed by atoms with E-state index in [1.54, 1.807) is 13.0 Å². The maximum Gasteiger partial charge on any atom is 0.254 e. The van der Waals surface area contributed by atoms with E-state index in [1.165, 1.54) is 17.7 Å². The Morgan fingerprint density at radius 3 is 2.93 bits per heavy atom. The summed E-state index contributed by atoms with van der Waals surface area (Å²) in [6.45, 7) is 1.74. The van der Waals surface area contributed by atoms with Crippen LogP contribution < -0.4 is 5.56 Å². The fourth-order valence-corrected chi connectivity index (χ4v) is 2.26. The van der Waals surface area contributed by atoms with Crippen LogP contribution in [0.2, 0.25) is 4.34 Å². The summed E-state index contributed by atoms with van der Waals surface area (Å²) in [6, 6.07) is 3.66. The molecule has 2 aromatic heterocycles. The number of H-pyrrole nitrogens is 1. The molecule has 0 spiro atoms. The van der Waals surface area contributed by atoms with Gasteiger partial charge in [0.2, 0.25) is 0 Å². The maximum atomic E-state index is 11.3. The Bertz CT molecular complexity index is 518. The van der Waals surface area contributed by atoms with Gasteiger partial charge in [-0.2, -0.15) is 0 Å². The normalized spacial score (nSPS) is 10.4. The average molecular weight is 227 g/mol. The molecule has 0 aromatic carbocycles. The number of aromatic nitrogens is 2. The van der Waals surface area contributed by atoms with Gasteiger partial charge in [0.05, 0.1) is 21.2 Å². The highest BCUT2D eigenvalue weighted by atomic mass is 35.5. The number of nitrogens with zero attached hydrogens (tertiary/aromatic N) is 1. The highest BCUT2D eigenvalue weighted by Gasteiger charge is 2.08. The number of halogens is 1. The second-order valence-corrected chi connectivity index (χ2v) is 4.52. The van der Waals surface area contributed by atoms with Crippen LogP contribution in [0.5, 0.6) is 0 Å². The molecule has 14 heavy (non-hydrogen) atoms. The highest BCUT2D eigenvalue weighted by Crippen LogP contribution is 2.30. The minimum atomic E-state index is -0.112. The summed E-state index contributed by atoms with van der Waals surface area (Å²) in [4.78, 5) is 18.9. The van der Waals surface area contributed by atoms with Gasteiger partial charge in [0.1, 0.15) is 0 Å². The van der Waals surface area contributed by atoms with E-state index in [9.17, 15) is 4.79 Å². The van der Waals surface area contributed by atoms with Crippen molar-refractivity contribution < 1.29 is 0 Å². The minimum absolute atomic E-state index is 0.112. The van der Waals surface area contributed by atoms with Gasteiger partial charge in [0.25, 0.3) is 5.56 Å². The number of nitrogens with one attached hydrogen (secondary N) is 1. The second-order valence-electron chi connectivity index (χ2n) is 2.81. The monoisotopic (exact) mass is 226 g/mol. The van der Waals surface area contributed by atoms with Crippen LogP contribution in [0.3, 0.4) is 0 Å². The third-order valence-electron chi connectivity index (χ3n) is 1.89. The number of hydrogen-bond donors (Lipinski definition) is 1. The first-order valence-electron chi connectivity index (χ1n) is 3.98. The Balaban J connectivity index is 2.63. The molecule has 0 radical (unpaired) electrons. The lowest BCUT2D eigenvalue weighted by molar-refractivity contribution is 1.09. The van der Waals surface area contributed by atoms with Crippen LogP contribution in [0.25, 0.3) is 10.6 Å². The molecule has 2 rings (SSSR count). The number of hydrogen-bond acceptors (Lipinski definition) is 3. The first kappa shape index (κ1) is 9.43. The van der Waals surface area contributed by atoms with Gasteiger partial charge >= 0.3 is 0 Å². The molecule has 0 fully saturated rings. The molecule has 0 aliphatic carbocycles. The molecule has 5 heteroatoms. The van der Waals surface area contributed by atoms with E-state index in [0.717, 1.165) is 4.88 Å². The van der Waals surface area contributed by atoms with Crippen LogP contribution in [-0.2, 0) is 0 Å². The van der Waals surface area contributed by atoms with E-state index in [2.05, 4.69) is 9.97 Å². The van der Waals surface area contributed by atoms with Crippen molar-refractivity contribution >= 4 is 22.9 Å². The predicted molar refractivity (Wildman–Crippen MR) is 57.9 cm³/mol. The van der Waals surface area contributed by atoms with Gasteiger partial charge in [-0.15, -0.1) is 11.3 Å². The topological polar surface area (TPSA) is 45.8 Å². The Morgan fingerprint density at radius 1 is 1.50 bits per heavy atom. The van der Waals surface area contributed by atoms with Gasteiger partial charge < -0.3 is 4.98 Å². The molecule has 1 N–H and O–H groups in total. The number of thiophene rings is 1. The first-order chi connectivity index (χ1) is 6.68. The largest absolute Gasteiger partial charge is 0.313 e. The van der Waals surface area contributed by atoms with Crippen LogP contribution in [0.15, 0.2) is 23.3 Å². The molecule has 0 saturated carbocycles. The lowest BCUT2D eigenvalue weighted by Gasteiger charge is -1.98. The zero-order chi connectivity index (χ0) is 10.1. The van der Waals surface area contributed by atoms with E-state index in [4.69, 9.17) is 11.6 Å². The van der Waals surface area contributed by atoms with Crippen LogP contribution in [-0.4, -0.2) is 9.97 Å². The van der Waals surface area contributed by atoms with E-state index >= 15 is 0 Å². The van der Waals surface area contributed by atoms with Gasteiger partial charge in [0.15, 0.2) is 0 Å². The molecule has 0 saturated heterocycles. The zero-order valence-electron chi connectivity index (χ0n) is 7.37. The molecular weight excluding hydrogens is 220 g/mol. The lowest BCUT2D eigenvalue weighted by Crippen LogP contribution is -2.10. The Hall–Kier alpha value is -1.13. The van der Waals surface area contributed by atoms with Crippen LogP contribution in [0.1, 0.15) is 5.56 Å². The van der Waals surface area contributed by atoms with Crippen LogP contribution in [0, 0.1) is 6.92 Å². The van der Waals surface area contributed by atoms with Crippen molar-refractivity contribution in [2.75, 3.05) is 0 Å². The van der Waals surface area contributed by atoms with E-state index in [1.807, 2.05) is 6.07 Å². The van der Waals surface area contributed by atoms with Crippen molar-refractivity contribution in [1.82, 2.24) is 9.97 Å². The molecule has 72 valence electrons. The van der Waals surface area contributed by atoms with Gasteiger partial charge in [-0.3, -0.25) is 4.79 Å². The van der Waals surface area contributed by atoms with Crippen molar-refractivity contribution in [2.24, 2.45) is 0 Å². The van der Waals surface area contributed by atoms with E-state index in [-0.39, 0.29) is 5.56 Å². The zero-order valence-corrected chi connectivity index (χ0v) is 8.95. The summed E-state index contributed by atoms with van der Waals surface area (Å²) in [5, 5.41) is 0. The molecule has 0 amide bonds. The predicted octanol–water partition coefficient (Wildman–Crippen LogP) is 2.46. The molecule has 2 aromatic rings. The summed E-state index contributed by atoms with van der Waals surface area (Å²) in [5.41, 5.74) is 1.20. The first-order valence-corrected chi connectivity index (χ1v) is 5.18. The summed E-state index contributed by atoms with van der Waals surface area (Å²) < 4.78 is 0.696. The highest BCUT2D eigenvalue weighted by molar-refractivity contribution is 7.19. The van der Waals surface area contributed by atoms with Crippen molar-refractivity contribution in [3.8, 4) is 10.6 Å². The summed E-state index contributed by atoms with van der Waals surface area (Å²) in [6.07, 6.45) is 1.40. The number of rotatable bonds is 1. The molecule has 0 bridgehead atoms. The van der Waals surface area contributed by atoms with E-state index in [0.29, 0.717) is 15.6 Å². The van der Waals surface area contributed by atoms with E-state index < -0.39 is 0 Å². The van der Waals surface area contributed by atoms with Gasteiger partial charge in [-0.25, -0.2) is 4.98 Å². The smallest absolute Gasteiger partial charge is 0.254 e. The Morgan fingerprint density at radius 2 is 2.29 bits per heavy atom. The molecule has 0 aliphatic rings. The van der Waals surface area contributed by atoms with Crippen LogP contribution >= 0.6 is 22.9 Å². The van der Waals surface area contributed by atoms with Crippen molar-refractivity contribution in [3.05, 3.63) is 38.7 Å². The summed E-state index contributed by atoms with van der Waals surface area (Å²) in [5.74, 6) is 0. The molecular formula is C9H7ClN2OS. The quantitative estimate of drug-likeness (QED) is 0.812. The van der Waals surface area contributed by atoms with Crippen molar-refractivity contribution in [2.45, 2.75) is 6.92 Å². The standard InChI is InChI=1S/C9H7ClN2OS/c1-5-8(11-4-12-9(5)13)6-2-3-7(10)14-6/h2-4H,1H3,(H,11,12,13). The Kier molecular flexibility index (Phi) is 2.39. The number of aromatic amines is 1. The molecule has 2 heterocycles. The molecule has 0 atom stereocenters. The summed E-state index contributed by atoms with van der Waals surface area (Å²) in [7, 11) is 0. The fraction of sp³-hybridized carbons (Fsp3) is 0.111. The Labute approximate surface area is 89.4 Å². The lowest BCUT2D eigenvalue weighted by atomic mass is 10.2. The third-order valence-corrected chi connectivity index (χ3v) is 3.13. The maximum absolute atomic E-state index is 11.3. The summed E-state index contributed by atoms with van der Waals surface area (Å²) >= 11 is 7.22. The molecule has 0 unspecified atom stereocenters. The molecule has 3 nitrogen and oxygen atoms in total. The van der Waals surface area contributed by atoms with Crippen LogP contribution in [0.4, 0.5) is 0 Å². The minimum Gasteiger partial charge on any atom is -0.313 e. The van der Waals surface area contributed by atoms with Gasteiger partial charge in [0, 0.05) is 5.56 Å². The second kappa shape index (κ2) is 3.55.